The highest BCUT2D eigenvalue weighted by Gasteiger charge is 2.23. The summed E-state index contributed by atoms with van der Waals surface area (Å²) in [6.07, 6.45) is 0.0803. The Labute approximate surface area is 153 Å². The number of rotatable bonds is 5. The molecule has 1 atom stereocenters. The molecule has 2 rings (SSSR count). The Hall–Kier alpha value is -2.47. The number of ketones is 1. The first-order valence-electron chi connectivity index (χ1n) is 8.14. The Morgan fingerprint density at radius 1 is 0.962 bits per heavy atom. The number of esters is 1. The van der Waals surface area contributed by atoms with Crippen molar-refractivity contribution in [3.63, 3.8) is 0 Å². The van der Waals surface area contributed by atoms with Crippen LogP contribution in [0.1, 0.15) is 44.3 Å². The first kappa shape index (κ1) is 19.8. The Balaban J connectivity index is 2.22. The highest BCUT2D eigenvalue weighted by atomic mass is 32.2. The molecule has 6 heteroatoms. The highest BCUT2D eigenvalue weighted by Crippen LogP contribution is 2.19. The molecule has 0 N–H and O–H groups in total. The molecule has 1 unspecified atom stereocenters. The zero-order chi connectivity index (χ0) is 19.6. The van der Waals surface area contributed by atoms with Gasteiger partial charge in [0, 0.05) is 11.8 Å². The van der Waals surface area contributed by atoms with Gasteiger partial charge in [-0.1, -0.05) is 12.1 Å². The topological polar surface area (TPSA) is 77.5 Å². The van der Waals surface area contributed by atoms with Crippen LogP contribution in [0.5, 0.6) is 0 Å². The lowest BCUT2D eigenvalue weighted by Gasteiger charge is -2.15. The maximum atomic E-state index is 12.6. The van der Waals surface area contributed by atoms with E-state index in [2.05, 4.69) is 0 Å². The van der Waals surface area contributed by atoms with Gasteiger partial charge >= 0.3 is 5.97 Å². The van der Waals surface area contributed by atoms with E-state index < -0.39 is 21.9 Å². The predicted molar refractivity (Wildman–Crippen MR) is 99.4 cm³/mol. The Kier molecular flexibility index (Phi) is 5.66. The largest absolute Gasteiger partial charge is 0.451 e. The SMILES string of the molecule is Cc1cc(C)c(C(=O)C(C)OC(=O)c2cccc(S(C)(=O)=O)c2)cc1C. The minimum atomic E-state index is -3.44. The van der Waals surface area contributed by atoms with Crippen LogP contribution in [0, 0.1) is 20.8 Å². The van der Waals surface area contributed by atoms with Gasteiger partial charge in [0.1, 0.15) is 0 Å². The van der Waals surface area contributed by atoms with E-state index in [9.17, 15) is 18.0 Å². The van der Waals surface area contributed by atoms with Gasteiger partial charge in [-0.2, -0.15) is 0 Å². The van der Waals surface area contributed by atoms with Crippen LogP contribution in [0.4, 0.5) is 0 Å². The quantitative estimate of drug-likeness (QED) is 0.592. The molecule has 0 radical (unpaired) electrons. The molecule has 0 spiro atoms. The normalized spacial score (nSPS) is 12.5. The number of hydrogen-bond donors (Lipinski definition) is 0. The van der Waals surface area contributed by atoms with Gasteiger partial charge in [0.15, 0.2) is 15.9 Å². The number of carbonyl (C=O) groups excluding carboxylic acids is 2. The average Bonchev–Trinajstić information content (AvgIpc) is 2.56. The van der Waals surface area contributed by atoms with Crippen LogP contribution in [0.2, 0.25) is 0 Å². The molecule has 0 aliphatic heterocycles. The molecule has 2 aromatic carbocycles. The third-order valence-electron chi connectivity index (χ3n) is 4.26. The Morgan fingerprint density at radius 2 is 1.58 bits per heavy atom. The number of benzene rings is 2. The van der Waals surface area contributed by atoms with Gasteiger partial charge in [0.05, 0.1) is 10.5 Å². The van der Waals surface area contributed by atoms with Crippen molar-refractivity contribution < 1.29 is 22.7 Å². The van der Waals surface area contributed by atoms with E-state index >= 15 is 0 Å². The monoisotopic (exact) mass is 374 g/mol. The van der Waals surface area contributed by atoms with Gasteiger partial charge in [0.2, 0.25) is 5.78 Å². The standard InChI is InChI=1S/C20H22O5S/c1-12-9-14(3)18(10-13(12)2)19(21)15(4)25-20(22)16-7-6-8-17(11-16)26(5,23)24/h6-11,15H,1-5H3. The van der Waals surface area contributed by atoms with Crippen LogP contribution in [0.3, 0.4) is 0 Å². The minimum absolute atomic E-state index is 0.0240. The first-order chi connectivity index (χ1) is 12.0. The van der Waals surface area contributed by atoms with Crippen molar-refractivity contribution in [1.82, 2.24) is 0 Å². The highest BCUT2D eigenvalue weighted by molar-refractivity contribution is 7.90. The number of ether oxygens (including phenoxy) is 1. The zero-order valence-corrected chi connectivity index (χ0v) is 16.3. The number of hydrogen-bond acceptors (Lipinski definition) is 5. The van der Waals surface area contributed by atoms with Gasteiger partial charge in [-0.3, -0.25) is 4.79 Å². The summed E-state index contributed by atoms with van der Waals surface area (Å²) in [5.41, 5.74) is 3.49. The second kappa shape index (κ2) is 7.41. The second-order valence-corrected chi connectivity index (χ2v) is 8.48. The zero-order valence-electron chi connectivity index (χ0n) is 15.5. The van der Waals surface area contributed by atoms with E-state index in [0.717, 1.165) is 22.9 Å². The van der Waals surface area contributed by atoms with Gasteiger partial charge in [-0.25, -0.2) is 13.2 Å². The fourth-order valence-corrected chi connectivity index (χ4v) is 3.25. The molecule has 5 nitrogen and oxygen atoms in total. The molecule has 26 heavy (non-hydrogen) atoms. The molecular weight excluding hydrogens is 352 g/mol. The third-order valence-corrected chi connectivity index (χ3v) is 5.37. The van der Waals surface area contributed by atoms with E-state index in [0.29, 0.717) is 5.56 Å². The summed E-state index contributed by atoms with van der Waals surface area (Å²) in [4.78, 5) is 25.0. The number of Topliss-reactive ketones (excluding diaryl/α,β-unsaturated/α-hetero) is 1. The van der Waals surface area contributed by atoms with Crippen LogP contribution in [0.15, 0.2) is 41.3 Å². The summed E-state index contributed by atoms with van der Waals surface area (Å²) in [5.74, 6) is -1.03. The summed E-state index contributed by atoms with van der Waals surface area (Å²) in [7, 11) is -3.44. The molecule has 0 aromatic heterocycles. The van der Waals surface area contributed by atoms with E-state index in [-0.39, 0.29) is 16.2 Å². The van der Waals surface area contributed by atoms with Crippen LogP contribution in [0.25, 0.3) is 0 Å². The third kappa shape index (κ3) is 4.38. The molecule has 0 amide bonds. The van der Waals surface area contributed by atoms with Crippen molar-refractivity contribution in [3.8, 4) is 0 Å². The summed E-state index contributed by atoms with van der Waals surface area (Å²) in [6, 6.07) is 9.28. The van der Waals surface area contributed by atoms with Gasteiger partial charge in [-0.15, -0.1) is 0 Å². The summed E-state index contributed by atoms with van der Waals surface area (Å²) in [6.45, 7) is 7.23. The molecule has 0 heterocycles. The van der Waals surface area contributed by atoms with Crippen molar-refractivity contribution in [2.24, 2.45) is 0 Å². The average molecular weight is 374 g/mol. The second-order valence-electron chi connectivity index (χ2n) is 6.46. The van der Waals surface area contributed by atoms with Crippen LogP contribution in [-0.4, -0.2) is 32.5 Å². The molecule has 0 fully saturated rings. The van der Waals surface area contributed by atoms with Gasteiger partial charge < -0.3 is 4.74 Å². The smallest absolute Gasteiger partial charge is 0.338 e. The lowest BCUT2D eigenvalue weighted by Crippen LogP contribution is -2.25. The number of sulfone groups is 1. The van der Waals surface area contributed by atoms with Crippen molar-refractivity contribution in [2.45, 2.75) is 38.7 Å². The van der Waals surface area contributed by atoms with E-state index in [1.165, 1.54) is 31.2 Å². The summed E-state index contributed by atoms with van der Waals surface area (Å²) >= 11 is 0. The lowest BCUT2D eigenvalue weighted by atomic mass is 9.96. The molecule has 0 saturated carbocycles. The molecule has 0 saturated heterocycles. The predicted octanol–water partition coefficient (Wildman–Crippen LogP) is 3.44. The maximum Gasteiger partial charge on any atom is 0.338 e. The maximum absolute atomic E-state index is 12.6. The molecule has 0 bridgehead atoms. The Morgan fingerprint density at radius 3 is 2.19 bits per heavy atom. The fraction of sp³-hybridized carbons (Fsp3) is 0.300. The lowest BCUT2D eigenvalue weighted by molar-refractivity contribution is 0.0318. The van der Waals surface area contributed by atoms with Gasteiger partial charge in [-0.05, 0) is 68.7 Å². The Bertz CT molecular complexity index is 974. The number of carbonyl (C=O) groups is 2. The van der Waals surface area contributed by atoms with Crippen LogP contribution < -0.4 is 0 Å². The van der Waals surface area contributed by atoms with Crippen LogP contribution in [-0.2, 0) is 14.6 Å². The molecular formula is C20H22O5S. The molecule has 0 aliphatic carbocycles. The summed E-state index contributed by atoms with van der Waals surface area (Å²) < 4.78 is 28.5. The minimum Gasteiger partial charge on any atom is -0.451 e. The fourth-order valence-electron chi connectivity index (χ4n) is 2.58. The van der Waals surface area contributed by atoms with E-state index in [1.807, 2.05) is 26.8 Å². The first-order valence-corrected chi connectivity index (χ1v) is 10.0. The van der Waals surface area contributed by atoms with Crippen molar-refractivity contribution in [1.29, 1.82) is 0 Å². The molecule has 138 valence electrons. The van der Waals surface area contributed by atoms with Crippen molar-refractivity contribution in [3.05, 3.63) is 64.2 Å². The summed E-state index contributed by atoms with van der Waals surface area (Å²) in [5, 5.41) is 0. The van der Waals surface area contributed by atoms with E-state index in [1.54, 1.807) is 6.07 Å². The molecule has 0 aliphatic rings. The van der Waals surface area contributed by atoms with E-state index in [4.69, 9.17) is 4.74 Å². The van der Waals surface area contributed by atoms with Crippen LogP contribution >= 0.6 is 0 Å². The van der Waals surface area contributed by atoms with Crippen molar-refractivity contribution >= 4 is 21.6 Å². The molecule has 2 aromatic rings. The number of aryl methyl sites for hydroxylation is 3. The van der Waals surface area contributed by atoms with Gasteiger partial charge in [0.25, 0.3) is 0 Å². The van der Waals surface area contributed by atoms with Crippen molar-refractivity contribution in [2.75, 3.05) is 6.26 Å².